The predicted molar refractivity (Wildman–Crippen MR) is 110 cm³/mol. The SMILES string of the molecule is COc1ccc(CC(=O)OCC(=O)NCCSCc2ccccc2)cc1OC. The van der Waals surface area contributed by atoms with E-state index in [9.17, 15) is 9.59 Å². The lowest BCUT2D eigenvalue weighted by molar-refractivity contribution is -0.147. The minimum absolute atomic E-state index is 0.0561. The molecule has 0 saturated heterocycles. The van der Waals surface area contributed by atoms with E-state index < -0.39 is 5.97 Å². The van der Waals surface area contributed by atoms with Crippen molar-refractivity contribution >= 4 is 23.6 Å². The number of esters is 1. The first kappa shape index (κ1) is 21.6. The van der Waals surface area contributed by atoms with Gasteiger partial charge >= 0.3 is 5.97 Å². The van der Waals surface area contributed by atoms with Crippen molar-refractivity contribution in [3.05, 3.63) is 59.7 Å². The van der Waals surface area contributed by atoms with Gasteiger partial charge in [-0.15, -0.1) is 0 Å². The molecular formula is C21H25NO5S. The van der Waals surface area contributed by atoms with Crippen LogP contribution >= 0.6 is 11.8 Å². The molecule has 1 amide bonds. The van der Waals surface area contributed by atoms with Gasteiger partial charge in [-0.2, -0.15) is 11.8 Å². The van der Waals surface area contributed by atoms with E-state index in [0.29, 0.717) is 18.0 Å². The molecule has 0 heterocycles. The summed E-state index contributed by atoms with van der Waals surface area (Å²) in [5.74, 6) is 2.04. The molecule has 2 aromatic rings. The Hall–Kier alpha value is -2.67. The van der Waals surface area contributed by atoms with Crippen LogP contribution in [0.3, 0.4) is 0 Å². The molecular weight excluding hydrogens is 378 g/mol. The van der Waals surface area contributed by atoms with Gasteiger partial charge in [0.05, 0.1) is 20.6 Å². The minimum atomic E-state index is -0.471. The van der Waals surface area contributed by atoms with Crippen molar-refractivity contribution in [2.75, 3.05) is 33.1 Å². The molecule has 28 heavy (non-hydrogen) atoms. The average molecular weight is 404 g/mol. The van der Waals surface area contributed by atoms with Crippen LogP contribution in [0.1, 0.15) is 11.1 Å². The van der Waals surface area contributed by atoms with Crippen LogP contribution < -0.4 is 14.8 Å². The monoisotopic (exact) mass is 403 g/mol. The minimum Gasteiger partial charge on any atom is -0.493 e. The van der Waals surface area contributed by atoms with Crippen molar-refractivity contribution < 1.29 is 23.8 Å². The predicted octanol–water partition coefficient (Wildman–Crippen LogP) is 2.84. The standard InChI is InChI=1S/C21H25NO5S/c1-25-18-9-8-17(12-19(18)26-2)13-21(24)27-14-20(23)22-10-11-28-15-16-6-4-3-5-7-16/h3-9,12H,10-11,13-15H2,1-2H3,(H,22,23). The third kappa shape index (κ3) is 7.52. The van der Waals surface area contributed by atoms with Gasteiger partial charge in [0.2, 0.25) is 0 Å². The Morgan fingerprint density at radius 3 is 2.43 bits per heavy atom. The zero-order valence-electron chi connectivity index (χ0n) is 16.1. The summed E-state index contributed by atoms with van der Waals surface area (Å²) in [4.78, 5) is 23.7. The maximum Gasteiger partial charge on any atom is 0.310 e. The summed E-state index contributed by atoms with van der Waals surface area (Å²) in [6, 6.07) is 15.3. The summed E-state index contributed by atoms with van der Waals surface area (Å²) in [6.45, 7) is 0.249. The quantitative estimate of drug-likeness (QED) is 0.459. The van der Waals surface area contributed by atoms with Crippen LogP contribution in [0.2, 0.25) is 0 Å². The molecule has 0 spiro atoms. The number of carbonyl (C=O) groups is 2. The van der Waals surface area contributed by atoms with Gasteiger partial charge in [-0.05, 0) is 23.3 Å². The molecule has 0 aliphatic rings. The van der Waals surface area contributed by atoms with Crippen LogP contribution in [0, 0.1) is 0 Å². The summed E-state index contributed by atoms with van der Waals surface area (Å²) < 4.78 is 15.4. The summed E-state index contributed by atoms with van der Waals surface area (Å²) >= 11 is 1.74. The van der Waals surface area contributed by atoms with Crippen LogP contribution in [0.25, 0.3) is 0 Å². The lowest BCUT2D eigenvalue weighted by Crippen LogP contribution is -2.30. The third-order valence-corrected chi connectivity index (χ3v) is 4.87. The highest BCUT2D eigenvalue weighted by Crippen LogP contribution is 2.27. The lowest BCUT2D eigenvalue weighted by atomic mass is 10.1. The van der Waals surface area contributed by atoms with Crippen molar-refractivity contribution in [3.63, 3.8) is 0 Å². The second-order valence-corrected chi connectivity index (χ2v) is 7.02. The topological polar surface area (TPSA) is 73.9 Å². The normalized spacial score (nSPS) is 10.2. The van der Waals surface area contributed by atoms with Crippen molar-refractivity contribution in [3.8, 4) is 11.5 Å². The summed E-state index contributed by atoms with van der Waals surface area (Å²) in [6.07, 6.45) is 0.0561. The molecule has 0 fully saturated rings. The van der Waals surface area contributed by atoms with Crippen molar-refractivity contribution in [1.82, 2.24) is 5.32 Å². The third-order valence-electron chi connectivity index (χ3n) is 3.84. The van der Waals surface area contributed by atoms with E-state index in [1.807, 2.05) is 18.2 Å². The fraction of sp³-hybridized carbons (Fsp3) is 0.333. The van der Waals surface area contributed by atoms with E-state index in [-0.39, 0.29) is 18.9 Å². The molecule has 2 rings (SSSR count). The second kappa shape index (κ2) is 11.9. The number of rotatable bonds is 11. The number of hydrogen-bond donors (Lipinski definition) is 1. The first-order valence-corrected chi connectivity index (χ1v) is 10.0. The van der Waals surface area contributed by atoms with Crippen molar-refractivity contribution in [1.29, 1.82) is 0 Å². The molecule has 2 aromatic carbocycles. The van der Waals surface area contributed by atoms with E-state index in [1.54, 1.807) is 37.1 Å². The number of amides is 1. The van der Waals surface area contributed by atoms with Crippen LogP contribution in [-0.4, -0.2) is 45.0 Å². The number of carbonyl (C=O) groups excluding carboxylic acids is 2. The van der Waals surface area contributed by atoms with E-state index in [2.05, 4.69) is 17.4 Å². The molecule has 0 aliphatic heterocycles. The molecule has 0 bridgehead atoms. The van der Waals surface area contributed by atoms with E-state index in [0.717, 1.165) is 17.1 Å². The Bertz CT molecular complexity index is 767. The number of thioether (sulfide) groups is 1. The zero-order valence-corrected chi connectivity index (χ0v) is 16.9. The fourth-order valence-electron chi connectivity index (χ4n) is 2.43. The fourth-order valence-corrected chi connectivity index (χ4v) is 3.25. The largest absolute Gasteiger partial charge is 0.493 e. The number of benzene rings is 2. The van der Waals surface area contributed by atoms with Crippen molar-refractivity contribution in [2.45, 2.75) is 12.2 Å². The van der Waals surface area contributed by atoms with Gasteiger partial charge in [-0.25, -0.2) is 0 Å². The highest BCUT2D eigenvalue weighted by atomic mass is 32.2. The van der Waals surface area contributed by atoms with E-state index in [1.165, 1.54) is 12.7 Å². The van der Waals surface area contributed by atoms with Crippen LogP contribution in [-0.2, 0) is 26.5 Å². The first-order chi connectivity index (χ1) is 13.6. The Kier molecular flexibility index (Phi) is 9.21. The molecule has 0 unspecified atom stereocenters. The number of hydrogen-bond acceptors (Lipinski definition) is 6. The van der Waals surface area contributed by atoms with Crippen LogP contribution in [0.5, 0.6) is 11.5 Å². The molecule has 6 nitrogen and oxygen atoms in total. The van der Waals surface area contributed by atoms with Gasteiger partial charge in [0.1, 0.15) is 0 Å². The molecule has 0 aromatic heterocycles. The molecule has 0 aliphatic carbocycles. The smallest absolute Gasteiger partial charge is 0.310 e. The Balaban J connectivity index is 1.62. The average Bonchev–Trinajstić information content (AvgIpc) is 2.72. The lowest BCUT2D eigenvalue weighted by Gasteiger charge is -2.10. The van der Waals surface area contributed by atoms with Crippen LogP contribution in [0.4, 0.5) is 0 Å². The van der Waals surface area contributed by atoms with Gasteiger partial charge in [0, 0.05) is 18.1 Å². The maximum atomic E-state index is 11.9. The molecule has 1 N–H and O–H groups in total. The molecule has 0 atom stereocenters. The number of methoxy groups -OCH3 is 2. The Morgan fingerprint density at radius 1 is 0.964 bits per heavy atom. The highest BCUT2D eigenvalue weighted by molar-refractivity contribution is 7.98. The van der Waals surface area contributed by atoms with Gasteiger partial charge in [-0.1, -0.05) is 36.4 Å². The van der Waals surface area contributed by atoms with Gasteiger partial charge < -0.3 is 19.5 Å². The van der Waals surface area contributed by atoms with Gasteiger partial charge in [0.15, 0.2) is 18.1 Å². The number of nitrogens with one attached hydrogen (secondary N) is 1. The Labute approximate surface area is 169 Å². The van der Waals surface area contributed by atoms with Gasteiger partial charge in [-0.3, -0.25) is 9.59 Å². The summed E-state index contributed by atoms with van der Waals surface area (Å²) in [5, 5.41) is 2.75. The van der Waals surface area contributed by atoms with Crippen molar-refractivity contribution in [2.24, 2.45) is 0 Å². The molecule has 150 valence electrons. The highest BCUT2D eigenvalue weighted by Gasteiger charge is 2.11. The van der Waals surface area contributed by atoms with E-state index >= 15 is 0 Å². The van der Waals surface area contributed by atoms with Crippen LogP contribution in [0.15, 0.2) is 48.5 Å². The molecule has 0 saturated carbocycles. The maximum absolute atomic E-state index is 11.9. The number of ether oxygens (including phenoxy) is 3. The second-order valence-electron chi connectivity index (χ2n) is 5.91. The van der Waals surface area contributed by atoms with Gasteiger partial charge in [0.25, 0.3) is 5.91 Å². The first-order valence-electron chi connectivity index (χ1n) is 8.87. The zero-order chi connectivity index (χ0) is 20.2. The molecule has 7 heteroatoms. The summed E-state index contributed by atoms with van der Waals surface area (Å²) in [7, 11) is 3.08. The van der Waals surface area contributed by atoms with E-state index in [4.69, 9.17) is 14.2 Å². The summed E-state index contributed by atoms with van der Waals surface area (Å²) in [5.41, 5.74) is 1.98. The Morgan fingerprint density at radius 2 is 1.71 bits per heavy atom. The molecule has 0 radical (unpaired) electrons.